The summed E-state index contributed by atoms with van der Waals surface area (Å²) in [5, 5.41) is 5.71. The van der Waals surface area contributed by atoms with E-state index in [9.17, 15) is 9.59 Å². The Bertz CT molecular complexity index is 869. The van der Waals surface area contributed by atoms with Crippen molar-refractivity contribution in [1.29, 1.82) is 0 Å². The molecule has 7 heteroatoms. The fourth-order valence-corrected chi connectivity index (χ4v) is 2.05. The highest BCUT2D eigenvalue weighted by atomic mass is 35.5. The van der Waals surface area contributed by atoms with Crippen molar-refractivity contribution in [1.82, 2.24) is 4.98 Å². The first-order chi connectivity index (χ1) is 10.1. The van der Waals surface area contributed by atoms with Crippen LogP contribution in [-0.2, 0) is 0 Å². The normalized spacial score (nSPS) is 10.5. The second-order valence-electron chi connectivity index (χ2n) is 4.28. The second-order valence-corrected chi connectivity index (χ2v) is 4.69. The summed E-state index contributed by atoms with van der Waals surface area (Å²) in [6.45, 7) is 0. The number of hydrogen-bond acceptors (Lipinski definition) is 3. The van der Waals surface area contributed by atoms with Crippen molar-refractivity contribution in [2.24, 2.45) is 0 Å². The maximum absolute atomic E-state index is 11.9. The van der Waals surface area contributed by atoms with E-state index in [1.807, 2.05) is 0 Å². The van der Waals surface area contributed by atoms with Crippen LogP contribution in [0.1, 0.15) is 0 Å². The Hall–Kier alpha value is -2.73. The van der Waals surface area contributed by atoms with Crippen LogP contribution in [-0.4, -0.2) is 11.0 Å². The first-order valence-corrected chi connectivity index (χ1v) is 6.45. The zero-order valence-electron chi connectivity index (χ0n) is 10.6. The monoisotopic (exact) mass is 303 g/mol. The quantitative estimate of drug-likeness (QED) is 0.678. The second kappa shape index (κ2) is 5.34. The lowest BCUT2D eigenvalue weighted by Gasteiger charge is -2.08. The average molecular weight is 304 g/mol. The maximum Gasteiger partial charge on any atom is 0.417 e. The van der Waals surface area contributed by atoms with Gasteiger partial charge in [-0.2, -0.15) is 0 Å². The van der Waals surface area contributed by atoms with Crippen molar-refractivity contribution in [3.05, 3.63) is 58.0 Å². The van der Waals surface area contributed by atoms with Crippen molar-refractivity contribution in [2.45, 2.75) is 0 Å². The summed E-state index contributed by atoms with van der Waals surface area (Å²) in [6, 6.07) is 11.3. The highest BCUT2D eigenvalue weighted by Crippen LogP contribution is 2.21. The number of urea groups is 1. The van der Waals surface area contributed by atoms with Gasteiger partial charge in [-0.25, -0.2) is 9.59 Å². The molecule has 2 aromatic carbocycles. The van der Waals surface area contributed by atoms with Crippen molar-refractivity contribution in [3.8, 4) is 0 Å². The number of benzene rings is 2. The number of amides is 2. The zero-order valence-corrected chi connectivity index (χ0v) is 11.4. The number of carbonyl (C=O) groups is 1. The minimum absolute atomic E-state index is 0.371. The molecule has 0 unspecified atom stereocenters. The van der Waals surface area contributed by atoms with E-state index in [2.05, 4.69) is 15.6 Å². The summed E-state index contributed by atoms with van der Waals surface area (Å²) in [5.74, 6) is -0.539. The van der Waals surface area contributed by atoms with Crippen LogP contribution in [0.4, 0.5) is 16.2 Å². The van der Waals surface area contributed by atoms with Gasteiger partial charge in [0.1, 0.15) is 0 Å². The first kappa shape index (κ1) is 13.3. The molecule has 0 saturated heterocycles. The number of rotatable bonds is 2. The Labute approximate surface area is 123 Å². The molecule has 0 spiro atoms. The van der Waals surface area contributed by atoms with Crippen molar-refractivity contribution in [3.63, 3.8) is 0 Å². The van der Waals surface area contributed by atoms with Crippen LogP contribution in [0.3, 0.4) is 0 Å². The van der Waals surface area contributed by atoms with Crippen LogP contribution >= 0.6 is 11.6 Å². The first-order valence-electron chi connectivity index (χ1n) is 6.07. The molecule has 0 aliphatic heterocycles. The fraction of sp³-hybridized carbons (Fsp3) is 0. The smallest absolute Gasteiger partial charge is 0.408 e. The number of carbonyl (C=O) groups excluding carboxylic acids is 1. The van der Waals surface area contributed by atoms with Gasteiger partial charge < -0.3 is 15.1 Å². The van der Waals surface area contributed by atoms with Crippen molar-refractivity contribution >= 4 is 40.1 Å². The number of para-hydroxylation sites is 1. The minimum atomic E-state index is -0.539. The summed E-state index contributed by atoms with van der Waals surface area (Å²) in [4.78, 5) is 25.5. The number of nitrogens with one attached hydrogen (secondary N) is 3. The van der Waals surface area contributed by atoms with Gasteiger partial charge in [-0.15, -0.1) is 0 Å². The number of hydrogen-bond donors (Lipinski definition) is 3. The summed E-state index contributed by atoms with van der Waals surface area (Å²) >= 11 is 5.96. The van der Waals surface area contributed by atoms with Gasteiger partial charge in [0, 0.05) is 11.8 Å². The summed E-state index contributed by atoms with van der Waals surface area (Å²) in [6.07, 6.45) is 0. The van der Waals surface area contributed by atoms with Crippen LogP contribution < -0.4 is 16.4 Å². The molecule has 0 radical (unpaired) electrons. The van der Waals surface area contributed by atoms with Crippen LogP contribution in [0.5, 0.6) is 0 Å². The van der Waals surface area contributed by atoms with Crippen LogP contribution in [0, 0.1) is 0 Å². The predicted octanol–water partition coefficient (Wildman–Crippen LogP) is 3.42. The molecular weight excluding hydrogens is 294 g/mol. The van der Waals surface area contributed by atoms with E-state index < -0.39 is 11.8 Å². The molecule has 6 nitrogen and oxygen atoms in total. The largest absolute Gasteiger partial charge is 0.417 e. The predicted molar refractivity (Wildman–Crippen MR) is 80.9 cm³/mol. The molecule has 0 saturated carbocycles. The van der Waals surface area contributed by atoms with E-state index in [-0.39, 0.29) is 0 Å². The number of H-pyrrole nitrogens is 1. The highest BCUT2D eigenvalue weighted by Gasteiger charge is 2.07. The summed E-state index contributed by atoms with van der Waals surface area (Å²) in [5.41, 5.74) is 1.94. The Kier molecular flexibility index (Phi) is 3.37. The molecule has 21 heavy (non-hydrogen) atoms. The molecule has 1 heterocycles. The molecule has 0 aliphatic rings. The lowest BCUT2D eigenvalue weighted by molar-refractivity contribution is 0.262. The van der Waals surface area contributed by atoms with Gasteiger partial charge in [0.15, 0.2) is 5.58 Å². The van der Waals surface area contributed by atoms with Gasteiger partial charge in [-0.1, -0.05) is 23.7 Å². The Morgan fingerprint density at radius 1 is 1.14 bits per heavy atom. The summed E-state index contributed by atoms with van der Waals surface area (Å²) in [7, 11) is 0. The molecule has 3 N–H and O–H groups in total. The van der Waals surface area contributed by atoms with Crippen LogP contribution in [0.2, 0.25) is 5.02 Å². The number of halogens is 1. The standard InChI is InChI=1S/C14H10ClN3O3/c15-9-3-1-2-4-10(9)17-13(19)16-8-5-6-11-12(7-8)21-14(20)18-11/h1-7H,(H,18,20)(H2,16,17,19). The molecular formula is C14H10ClN3O3. The fourth-order valence-electron chi connectivity index (χ4n) is 1.87. The van der Waals surface area contributed by atoms with Crippen molar-refractivity contribution < 1.29 is 9.21 Å². The van der Waals surface area contributed by atoms with E-state index in [0.29, 0.717) is 27.5 Å². The third-order valence-electron chi connectivity index (χ3n) is 2.80. The van der Waals surface area contributed by atoms with E-state index in [0.717, 1.165) is 0 Å². The molecule has 0 atom stereocenters. The Morgan fingerprint density at radius 2 is 1.95 bits per heavy atom. The highest BCUT2D eigenvalue weighted by molar-refractivity contribution is 6.33. The minimum Gasteiger partial charge on any atom is -0.408 e. The summed E-state index contributed by atoms with van der Waals surface area (Å²) < 4.78 is 4.92. The third kappa shape index (κ3) is 2.90. The number of aromatic amines is 1. The topological polar surface area (TPSA) is 87.1 Å². The number of aromatic nitrogens is 1. The molecule has 2 amide bonds. The van der Waals surface area contributed by atoms with E-state index >= 15 is 0 Å². The Morgan fingerprint density at radius 3 is 2.76 bits per heavy atom. The molecule has 1 aromatic heterocycles. The van der Waals surface area contributed by atoms with Gasteiger partial charge >= 0.3 is 11.8 Å². The molecule has 106 valence electrons. The Balaban J connectivity index is 1.77. The van der Waals surface area contributed by atoms with Gasteiger partial charge in [0.2, 0.25) is 0 Å². The molecule has 3 rings (SSSR count). The van der Waals surface area contributed by atoms with Gasteiger partial charge in [0.05, 0.1) is 16.2 Å². The third-order valence-corrected chi connectivity index (χ3v) is 3.13. The molecule has 0 bridgehead atoms. The molecule has 3 aromatic rings. The number of oxazole rings is 1. The van der Waals surface area contributed by atoms with E-state index in [4.69, 9.17) is 16.0 Å². The lowest BCUT2D eigenvalue weighted by atomic mass is 10.3. The SMILES string of the molecule is O=C(Nc1ccc2[nH]c(=O)oc2c1)Nc1ccccc1Cl. The molecule has 0 fully saturated rings. The van der Waals surface area contributed by atoms with Gasteiger partial charge in [0.25, 0.3) is 0 Å². The lowest BCUT2D eigenvalue weighted by Crippen LogP contribution is -2.19. The average Bonchev–Trinajstić information content (AvgIpc) is 2.80. The number of fused-ring (bicyclic) bond motifs is 1. The maximum atomic E-state index is 11.9. The van der Waals surface area contributed by atoms with Crippen LogP contribution in [0.25, 0.3) is 11.1 Å². The van der Waals surface area contributed by atoms with Crippen molar-refractivity contribution in [2.75, 3.05) is 10.6 Å². The van der Waals surface area contributed by atoms with E-state index in [1.165, 1.54) is 0 Å². The number of anilines is 2. The van der Waals surface area contributed by atoms with Crippen LogP contribution in [0.15, 0.2) is 51.7 Å². The zero-order chi connectivity index (χ0) is 14.8. The van der Waals surface area contributed by atoms with Gasteiger partial charge in [-0.05, 0) is 24.3 Å². The van der Waals surface area contributed by atoms with E-state index in [1.54, 1.807) is 42.5 Å². The molecule has 0 aliphatic carbocycles. The van der Waals surface area contributed by atoms with Gasteiger partial charge in [-0.3, -0.25) is 4.98 Å².